The predicted molar refractivity (Wildman–Crippen MR) is 72.7 cm³/mol. The Bertz CT molecular complexity index is 409. The summed E-state index contributed by atoms with van der Waals surface area (Å²) in [6.45, 7) is 4.14. The highest BCUT2D eigenvalue weighted by molar-refractivity contribution is 5.20. The second-order valence-electron chi connectivity index (χ2n) is 5.21. The van der Waals surface area contributed by atoms with Crippen molar-refractivity contribution in [3.05, 3.63) is 35.9 Å². The predicted octanol–water partition coefficient (Wildman–Crippen LogP) is 2.31. The molecule has 0 amide bonds. The number of hydrogen-bond acceptors (Lipinski definition) is 3. The van der Waals surface area contributed by atoms with Crippen molar-refractivity contribution in [2.45, 2.75) is 31.8 Å². The molecule has 1 aliphatic heterocycles. The number of hydrogen-bond donors (Lipinski definition) is 1. The minimum absolute atomic E-state index is 0.190. The van der Waals surface area contributed by atoms with Crippen molar-refractivity contribution < 1.29 is 0 Å². The van der Waals surface area contributed by atoms with E-state index in [0.29, 0.717) is 12.3 Å². The third-order valence-corrected chi connectivity index (χ3v) is 3.96. The smallest absolute Gasteiger partial charge is 0.0641 e. The van der Waals surface area contributed by atoms with Crippen LogP contribution in [-0.4, -0.2) is 24.0 Å². The second-order valence-corrected chi connectivity index (χ2v) is 5.21. The van der Waals surface area contributed by atoms with Crippen molar-refractivity contribution in [1.82, 2.24) is 4.90 Å². The zero-order chi connectivity index (χ0) is 13.0. The van der Waals surface area contributed by atoms with Crippen LogP contribution in [0.5, 0.6) is 0 Å². The first-order valence-corrected chi connectivity index (χ1v) is 6.64. The summed E-state index contributed by atoms with van der Waals surface area (Å²) in [6, 6.07) is 13.0. The summed E-state index contributed by atoms with van der Waals surface area (Å²) in [5.41, 5.74) is 7.38. The summed E-state index contributed by atoms with van der Waals surface area (Å²) in [4.78, 5) is 2.36. The molecule has 3 nitrogen and oxygen atoms in total. The average Bonchev–Trinajstić information content (AvgIpc) is 2.40. The number of nitrogens with two attached hydrogens (primary N) is 1. The standard InChI is InChI=1S/C15H21N3/c1-12-8-10-18(11-14(12)17)15(7-9-16)13-5-3-2-4-6-13/h2-6,12,14-15H,7-8,10-11,17H2,1H3. The van der Waals surface area contributed by atoms with Gasteiger partial charge in [0.2, 0.25) is 0 Å². The van der Waals surface area contributed by atoms with Crippen LogP contribution in [0.1, 0.15) is 31.4 Å². The maximum Gasteiger partial charge on any atom is 0.0641 e. The van der Waals surface area contributed by atoms with Crippen molar-refractivity contribution in [2.24, 2.45) is 11.7 Å². The topological polar surface area (TPSA) is 53.0 Å². The molecule has 1 fully saturated rings. The SMILES string of the molecule is CC1CCN(C(CC#N)c2ccccc2)CC1N. The van der Waals surface area contributed by atoms with Gasteiger partial charge in [-0.15, -0.1) is 0 Å². The molecular formula is C15H21N3. The molecule has 0 radical (unpaired) electrons. The molecule has 1 heterocycles. The van der Waals surface area contributed by atoms with E-state index >= 15 is 0 Å². The maximum absolute atomic E-state index is 9.04. The molecule has 0 saturated carbocycles. The molecule has 3 heteroatoms. The zero-order valence-electron chi connectivity index (χ0n) is 10.9. The van der Waals surface area contributed by atoms with Crippen molar-refractivity contribution in [1.29, 1.82) is 5.26 Å². The van der Waals surface area contributed by atoms with Gasteiger partial charge in [-0.25, -0.2) is 0 Å². The Labute approximate surface area is 109 Å². The summed E-state index contributed by atoms with van der Waals surface area (Å²) in [6.07, 6.45) is 1.65. The molecule has 0 aromatic heterocycles. The monoisotopic (exact) mass is 243 g/mol. The fourth-order valence-electron chi connectivity index (χ4n) is 2.63. The Morgan fingerprint density at radius 3 is 2.78 bits per heavy atom. The van der Waals surface area contributed by atoms with Crippen LogP contribution in [-0.2, 0) is 0 Å². The van der Waals surface area contributed by atoms with Gasteiger partial charge in [0.1, 0.15) is 0 Å². The quantitative estimate of drug-likeness (QED) is 0.886. The lowest BCUT2D eigenvalue weighted by Gasteiger charge is -2.39. The number of nitrogens with zero attached hydrogens (tertiary/aromatic N) is 2. The first kappa shape index (κ1) is 13.1. The van der Waals surface area contributed by atoms with Gasteiger partial charge in [0.05, 0.1) is 12.5 Å². The molecule has 3 unspecified atom stereocenters. The van der Waals surface area contributed by atoms with Gasteiger partial charge >= 0.3 is 0 Å². The molecule has 96 valence electrons. The molecule has 2 rings (SSSR count). The normalized spacial score (nSPS) is 26.5. The van der Waals surface area contributed by atoms with Gasteiger partial charge < -0.3 is 5.73 Å². The Morgan fingerprint density at radius 2 is 2.17 bits per heavy atom. The van der Waals surface area contributed by atoms with Gasteiger partial charge in [-0.05, 0) is 24.4 Å². The zero-order valence-corrected chi connectivity index (χ0v) is 10.9. The van der Waals surface area contributed by atoms with Gasteiger partial charge in [0, 0.05) is 18.6 Å². The lowest BCUT2D eigenvalue weighted by Crippen LogP contribution is -2.48. The molecular weight excluding hydrogens is 222 g/mol. The lowest BCUT2D eigenvalue weighted by molar-refractivity contribution is 0.121. The molecule has 1 saturated heterocycles. The largest absolute Gasteiger partial charge is 0.326 e. The van der Waals surface area contributed by atoms with Crippen molar-refractivity contribution >= 4 is 0 Å². The molecule has 0 bridgehead atoms. The van der Waals surface area contributed by atoms with Gasteiger partial charge in [0.25, 0.3) is 0 Å². The highest BCUT2D eigenvalue weighted by atomic mass is 15.2. The fourth-order valence-corrected chi connectivity index (χ4v) is 2.63. The van der Waals surface area contributed by atoms with Crippen molar-refractivity contribution in [3.8, 4) is 6.07 Å². The van der Waals surface area contributed by atoms with E-state index in [4.69, 9.17) is 11.0 Å². The molecule has 1 aromatic carbocycles. The van der Waals surface area contributed by atoms with Crippen molar-refractivity contribution in [3.63, 3.8) is 0 Å². The molecule has 1 aliphatic rings. The summed E-state index contributed by atoms with van der Waals surface area (Å²) in [5, 5.41) is 9.04. The maximum atomic E-state index is 9.04. The van der Waals surface area contributed by atoms with E-state index in [9.17, 15) is 0 Å². The lowest BCUT2D eigenvalue weighted by atomic mass is 9.91. The third kappa shape index (κ3) is 2.90. The third-order valence-electron chi connectivity index (χ3n) is 3.96. The van der Waals surface area contributed by atoms with E-state index in [-0.39, 0.29) is 12.1 Å². The first-order chi connectivity index (χ1) is 8.72. The number of rotatable bonds is 3. The molecule has 0 spiro atoms. The van der Waals surface area contributed by atoms with Crippen LogP contribution in [0, 0.1) is 17.2 Å². The number of benzene rings is 1. The Kier molecular flexibility index (Phi) is 4.35. The van der Waals surface area contributed by atoms with Crippen LogP contribution in [0.4, 0.5) is 0 Å². The van der Waals surface area contributed by atoms with Gasteiger partial charge in [-0.2, -0.15) is 5.26 Å². The molecule has 18 heavy (non-hydrogen) atoms. The summed E-state index contributed by atoms with van der Waals surface area (Å²) >= 11 is 0. The molecule has 0 aliphatic carbocycles. The Morgan fingerprint density at radius 1 is 1.44 bits per heavy atom. The molecule has 1 aromatic rings. The Hall–Kier alpha value is -1.37. The number of nitriles is 1. The molecule has 3 atom stereocenters. The van der Waals surface area contributed by atoms with Gasteiger partial charge in [-0.3, -0.25) is 4.90 Å². The Balaban J connectivity index is 2.14. The van der Waals surface area contributed by atoms with E-state index in [1.807, 2.05) is 18.2 Å². The summed E-state index contributed by atoms with van der Waals surface area (Å²) in [7, 11) is 0. The van der Waals surface area contributed by atoms with Crippen LogP contribution < -0.4 is 5.73 Å². The molecule has 2 N–H and O–H groups in total. The van der Waals surface area contributed by atoms with E-state index in [0.717, 1.165) is 19.5 Å². The van der Waals surface area contributed by atoms with Crippen LogP contribution in [0.25, 0.3) is 0 Å². The minimum atomic E-state index is 0.190. The van der Waals surface area contributed by atoms with Crippen LogP contribution in [0.3, 0.4) is 0 Å². The summed E-state index contributed by atoms with van der Waals surface area (Å²) < 4.78 is 0. The van der Waals surface area contributed by atoms with Gasteiger partial charge in [0.15, 0.2) is 0 Å². The van der Waals surface area contributed by atoms with Gasteiger partial charge in [-0.1, -0.05) is 37.3 Å². The van der Waals surface area contributed by atoms with Crippen molar-refractivity contribution in [2.75, 3.05) is 13.1 Å². The van der Waals surface area contributed by atoms with Crippen LogP contribution in [0.2, 0.25) is 0 Å². The van der Waals surface area contributed by atoms with E-state index in [2.05, 4.69) is 30.0 Å². The van der Waals surface area contributed by atoms with E-state index in [1.165, 1.54) is 5.56 Å². The first-order valence-electron chi connectivity index (χ1n) is 6.64. The highest BCUT2D eigenvalue weighted by Gasteiger charge is 2.28. The summed E-state index contributed by atoms with van der Waals surface area (Å²) in [5.74, 6) is 0.583. The number of piperidine rings is 1. The minimum Gasteiger partial charge on any atom is -0.326 e. The highest BCUT2D eigenvalue weighted by Crippen LogP contribution is 2.28. The fraction of sp³-hybridized carbons (Fsp3) is 0.533. The second kappa shape index (κ2) is 5.99. The van der Waals surface area contributed by atoms with Crippen LogP contribution >= 0.6 is 0 Å². The average molecular weight is 243 g/mol. The van der Waals surface area contributed by atoms with E-state index in [1.54, 1.807) is 0 Å². The van der Waals surface area contributed by atoms with E-state index < -0.39 is 0 Å². The number of likely N-dealkylation sites (tertiary alicyclic amines) is 1. The van der Waals surface area contributed by atoms with Crippen LogP contribution in [0.15, 0.2) is 30.3 Å².